The average Bonchev–Trinajstić information content (AvgIpc) is 3.11. The summed E-state index contributed by atoms with van der Waals surface area (Å²) in [6, 6.07) is 7.93. The zero-order chi connectivity index (χ0) is 21.4. The summed E-state index contributed by atoms with van der Waals surface area (Å²) in [6.45, 7) is 7.55. The fraction of sp³-hybridized carbons (Fsp3) is 0.350. The summed E-state index contributed by atoms with van der Waals surface area (Å²) in [4.78, 5) is 12.6. The first-order chi connectivity index (χ1) is 13.4. The summed E-state index contributed by atoms with van der Waals surface area (Å²) in [5.74, 6) is -0.141. The van der Waals surface area contributed by atoms with Crippen LogP contribution in [0.1, 0.15) is 38.4 Å². The van der Waals surface area contributed by atoms with Crippen LogP contribution in [0, 0.1) is 5.41 Å². The molecule has 0 radical (unpaired) electrons. The number of thiazole rings is 1. The monoisotopic (exact) mass is 422 g/mol. The summed E-state index contributed by atoms with van der Waals surface area (Å²) in [6.07, 6.45) is -1.80. The second kappa shape index (κ2) is 7.38. The van der Waals surface area contributed by atoms with Gasteiger partial charge in [-0.3, -0.25) is 0 Å². The molecule has 2 N–H and O–H groups in total. The highest BCUT2D eigenvalue weighted by Gasteiger charge is 2.39. The molecule has 0 aliphatic rings. The number of nitrogens with zero attached hydrogens (tertiary/aromatic N) is 3. The Morgan fingerprint density at radius 3 is 2.41 bits per heavy atom. The summed E-state index contributed by atoms with van der Waals surface area (Å²) >= 11 is 1.37. The molecule has 1 atom stereocenters. The van der Waals surface area contributed by atoms with Crippen LogP contribution >= 0.6 is 11.3 Å². The van der Waals surface area contributed by atoms with Gasteiger partial charge in [-0.25, -0.2) is 15.0 Å². The van der Waals surface area contributed by atoms with Crippen LogP contribution in [-0.2, 0) is 11.8 Å². The number of alkyl halides is 3. The molecule has 0 aliphatic carbocycles. The smallest absolute Gasteiger partial charge is 0.382 e. The molecule has 0 saturated carbocycles. The molecule has 154 valence electrons. The molecule has 3 rings (SSSR count). The van der Waals surface area contributed by atoms with Crippen molar-refractivity contribution in [3.05, 3.63) is 53.4 Å². The van der Waals surface area contributed by atoms with E-state index in [0.717, 1.165) is 22.7 Å². The summed E-state index contributed by atoms with van der Waals surface area (Å²) in [5.41, 5.74) is -1.15. The van der Waals surface area contributed by atoms with Crippen LogP contribution in [0.5, 0.6) is 0 Å². The van der Waals surface area contributed by atoms with Gasteiger partial charge in [-0.2, -0.15) is 13.2 Å². The normalized spacial score (nSPS) is 14.5. The second-order valence-corrected chi connectivity index (χ2v) is 8.85. The van der Waals surface area contributed by atoms with Gasteiger partial charge in [0, 0.05) is 18.1 Å². The lowest BCUT2D eigenvalue weighted by Crippen LogP contribution is -2.36. The second-order valence-electron chi connectivity index (χ2n) is 7.82. The van der Waals surface area contributed by atoms with Gasteiger partial charge in [0.05, 0.1) is 4.88 Å². The molecule has 0 saturated heterocycles. The Balaban J connectivity index is 1.86. The first-order valence-corrected chi connectivity index (χ1v) is 9.66. The maximum atomic E-state index is 12.8. The highest BCUT2D eigenvalue weighted by atomic mass is 32.1. The minimum atomic E-state index is -4.54. The van der Waals surface area contributed by atoms with Gasteiger partial charge >= 0.3 is 6.18 Å². The minimum absolute atomic E-state index is 0.141. The molecule has 1 unspecified atom stereocenters. The molecule has 0 bridgehead atoms. The van der Waals surface area contributed by atoms with Crippen LogP contribution in [0.15, 0.2) is 42.7 Å². The van der Waals surface area contributed by atoms with Gasteiger partial charge in [0.2, 0.25) is 5.95 Å². The number of aromatic nitrogens is 3. The Bertz CT molecular complexity index is 1010. The number of hydrogen-bond donors (Lipinski definition) is 2. The Labute approximate surface area is 170 Å². The predicted molar refractivity (Wildman–Crippen MR) is 107 cm³/mol. The number of nitrogens with one attached hydrogen (secondary N) is 1. The van der Waals surface area contributed by atoms with Crippen molar-refractivity contribution in [2.24, 2.45) is 5.41 Å². The predicted octanol–water partition coefficient (Wildman–Crippen LogP) is 5.62. The van der Waals surface area contributed by atoms with E-state index in [9.17, 15) is 18.3 Å². The van der Waals surface area contributed by atoms with Gasteiger partial charge in [0.15, 0.2) is 0 Å². The highest BCUT2D eigenvalue weighted by Crippen LogP contribution is 2.42. The van der Waals surface area contributed by atoms with Crippen molar-refractivity contribution in [2.75, 3.05) is 5.32 Å². The number of aliphatic hydroxyl groups is 1. The molecule has 1 aromatic carbocycles. The summed E-state index contributed by atoms with van der Waals surface area (Å²) in [7, 11) is 0. The lowest BCUT2D eigenvalue weighted by Gasteiger charge is -2.35. The van der Waals surface area contributed by atoms with Crippen molar-refractivity contribution in [1.29, 1.82) is 0 Å². The minimum Gasteiger partial charge on any atom is -0.382 e. The number of halogens is 3. The molecule has 2 heterocycles. The molecule has 0 spiro atoms. The maximum absolute atomic E-state index is 12.8. The topological polar surface area (TPSA) is 70.9 Å². The van der Waals surface area contributed by atoms with Gasteiger partial charge in [-0.05, 0) is 36.1 Å². The van der Waals surface area contributed by atoms with E-state index in [1.165, 1.54) is 11.3 Å². The quantitative estimate of drug-likeness (QED) is 0.571. The lowest BCUT2D eigenvalue weighted by atomic mass is 9.78. The zero-order valence-corrected chi connectivity index (χ0v) is 17.2. The Morgan fingerprint density at radius 2 is 1.76 bits per heavy atom. The number of hydrogen-bond acceptors (Lipinski definition) is 6. The van der Waals surface area contributed by atoms with Gasteiger partial charge in [-0.15, -0.1) is 11.3 Å². The van der Waals surface area contributed by atoms with E-state index in [4.69, 9.17) is 0 Å². The van der Waals surface area contributed by atoms with Gasteiger partial charge in [0.1, 0.15) is 16.3 Å². The third kappa shape index (κ3) is 4.56. The summed E-state index contributed by atoms with van der Waals surface area (Å²) in [5, 5.41) is 14.2. The highest BCUT2D eigenvalue weighted by molar-refractivity contribution is 7.15. The third-order valence-electron chi connectivity index (χ3n) is 4.73. The summed E-state index contributed by atoms with van der Waals surface area (Å²) < 4.78 is 38.5. The van der Waals surface area contributed by atoms with Crippen molar-refractivity contribution >= 4 is 23.0 Å². The molecular formula is C20H21F3N4OS. The zero-order valence-electron chi connectivity index (χ0n) is 16.4. The van der Waals surface area contributed by atoms with Gasteiger partial charge in [0.25, 0.3) is 0 Å². The maximum Gasteiger partial charge on any atom is 0.433 e. The number of anilines is 2. The molecular weight excluding hydrogens is 401 g/mol. The van der Waals surface area contributed by atoms with E-state index in [-0.39, 0.29) is 5.95 Å². The van der Waals surface area contributed by atoms with E-state index >= 15 is 0 Å². The van der Waals surface area contributed by atoms with Crippen molar-refractivity contribution in [1.82, 2.24) is 15.0 Å². The average molecular weight is 422 g/mol. The SMILES string of the molecule is CC(C)(C)C(C)(O)c1ncc(-c2cccc(Nc3nccc(C(F)(F)F)n3)c2)s1. The van der Waals surface area contributed by atoms with Crippen LogP contribution in [0.3, 0.4) is 0 Å². The first-order valence-electron chi connectivity index (χ1n) is 8.84. The molecule has 9 heteroatoms. The fourth-order valence-electron chi connectivity index (χ4n) is 2.41. The number of benzene rings is 1. The number of rotatable bonds is 4. The van der Waals surface area contributed by atoms with Crippen LogP contribution in [0.2, 0.25) is 0 Å². The van der Waals surface area contributed by atoms with Crippen LogP contribution in [-0.4, -0.2) is 20.1 Å². The Hall–Kier alpha value is -2.52. The van der Waals surface area contributed by atoms with Crippen LogP contribution < -0.4 is 5.32 Å². The molecule has 2 aromatic heterocycles. The van der Waals surface area contributed by atoms with Crippen molar-refractivity contribution in [2.45, 2.75) is 39.5 Å². The Kier molecular flexibility index (Phi) is 5.40. The standard InChI is InChI=1S/C20H21F3N4OS/c1-18(2,3)19(4,28)16-25-11-14(29-16)12-6-5-7-13(10-12)26-17-24-9-8-15(27-17)20(21,22)23/h5-11,28H,1-4H3,(H,24,26,27). The fourth-order valence-corrected chi connectivity index (χ4v) is 3.58. The van der Waals surface area contributed by atoms with Crippen molar-refractivity contribution in [3.8, 4) is 10.4 Å². The molecule has 29 heavy (non-hydrogen) atoms. The molecule has 0 aliphatic heterocycles. The molecule has 5 nitrogen and oxygen atoms in total. The van der Waals surface area contributed by atoms with Gasteiger partial charge < -0.3 is 10.4 Å². The molecule has 0 fully saturated rings. The van der Waals surface area contributed by atoms with E-state index in [1.807, 2.05) is 26.8 Å². The molecule has 3 aromatic rings. The third-order valence-corrected chi connectivity index (χ3v) is 5.99. The Morgan fingerprint density at radius 1 is 1.03 bits per heavy atom. The van der Waals surface area contributed by atoms with Crippen molar-refractivity contribution in [3.63, 3.8) is 0 Å². The van der Waals surface area contributed by atoms with Gasteiger partial charge in [-0.1, -0.05) is 32.9 Å². The van der Waals surface area contributed by atoms with E-state index in [1.54, 1.807) is 31.3 Å². The van der Waals surface area contributed by atoms with Crippen LogP contribution in [0.4, 0.5) is 24.8 Å². The van der Waals surface area contributed by atoms with Crippen LogP contribution in [0.25, 0.3) is 10.4 Å². The van der Waals surface area contributed by atoms with E-state index in [0.29, 0.717) is 10.7 Å². The largest absolute Gasteiger partial charge is 0.433 e. The lowest BCUT2D eigenvalue weighted by molar-refractivity contribution is -0.141. The molecule has 0 amide bonds. The van der Waals surface area contributed by atoms with Crippen molar-refractivity contribution < 1.29 is 18.3 Å². The van der Waals surface area contributed by atoms with E-state index in [2.05, 4.69) is 20.3 Å². The van der Waals surface area contributed by atoms with E-state index < -0.39 is 22.9 Å². The first kappa shape index (κ1) is 21.2.